The van der Waals surface area contributed by atoms with E-state index in [1.807, 2.05) is 0 Å². The zero-order valence-corrected chi connectivity index (χ0v) is 6.69. The molecule has 0 aromatic carbocycles. The Hall–Kier alpha value is -1.78. The average Bonchev–Trinajstić information content (AvgIpc) is 1.99. The van der Waals surface area contributed by atoms with E-state index in [-0.39, 0.29) is 0 Å². The molecule has 0 unspecified atom stereocenters. The minimum atomic E-state index is -1.33. The second kappa shape index (κ2) is 9.22. The smallest absolute Gasteiger partial charge is 0.402 e. The van der Waals surface area contributed by atoms with Crippen LogP contribution in [-0.2, 0) is 9.53 Å². The molecule has 0 aliphatic rings. The minimum Gasteiger partial charge on any atom is -0.465 e. The van der Waals surface area contributed by atoms with Crippen molar-refractivity contribution in [2.24, 2.45) is 5.73 Å². The second-order valence-corrected chi connectivity index (χ2v) is 1.45. The molecule has 1 amide bonds. The number of esters is 1. The van der Waals surface area contributed by atoms with Crippen LogP contribution in [0.5, 0.6) is 0 Å². The van der Waals surface area contributed by atoms with Gasteiger partial charge in [0.1, 0.15) is 0 Å². The number of amides is 1. The Balaban J connectivity index is 0. The van der Waals surface area contributed by atoms with Crippen LogP contribution >= 0.6 is 0 Å². The lowest BCUT2D eigenvalue weighted by molar-refractivity contribution is -0.132. The maximum atomic E-state index is 10.2. The van der Waals surface area contributed by atoms with Crippen molar-refractivity contribution in [2.75, 3.05) is 0 Å². The molecule has 0 spiro atoms. The zero-order valence-electron chi connectivity index (χ0n) is 6.69. The highest BCUT2D eigenvalue weighted by molar-refractivity contribution is 5.81. The normalized spacial score (nSPS) is 8.08. The quantitative estimate of drug-likeness (QED) is 0.368. The maximum Gasteiger partial charge on any atom is 0.402 e. The lowest BCUT2D eigenvalue weighted by Gasteiger charge is -1.86. The van der Waals surface area contributed by atoms with Gasteiger partial charge in [-0.3, -0.25) is 0 Å². The minimum absolute atomic E-state index is 0.428. The highest BCUT2D eigenvalue weighted by Crippen LogP contribution is 1.78. The first kappa shape index (κ1) is 12.9. The molecular formula is C7H11NO4. The van der Waals surface area contributed by atoms with Gasteiger partial charge >= 0.3 is 12.1 Å². The van der Waals surface area contributed by atoms with Crippen LogP contribution in [0.25, 0.3) is 0 Å². The summed E-state index contributed by atoms with van der Waals surface area (Å²) in [6, 6.07) is 0. The van der Waals surface area contributed by atoms with Crippen molar-refractivity contribution in [3.8, 4) is 0 Å². The van der Waals surface area contributed by atoms with Crippen molar-refractivity contribution in [2.45, 2.75) is 6.92 Å². The van der Waals surface area contributed by atoms with Crippen LogP contribution in [0.3, 0.4) is 0 Å². The summed E-state index contributed by atoms with van der Waals surface area (Å²) in [5.74, 6) is -0.428. The third kappa shape index (κ3) is 24.1. The number of carbonyl (C=O) groups is 2. The third-order valence-electron chi connectivity index (χ3n) is 0.487. The number of hydrogen-bond donors (Lipinski definition) is 2. The summed E-state index contributed by atoms with van der Waals surface area (Å²) >= 11 is 0. The van der Waals surface area contributed by atoms with E-state index in [2.05, 4.69) is 17.0 Å². The molecule has 0 radical (unpaired) electrons. The van der Waals surface area contributed by atoms with E-state index in [4.69, 9.17) is 9.90 Å². The largest absolute Gasteiger partial charge is 0.465 e. The van der Waals surface area contributed by atoms with E-state index in [0.717, 1.165) is 6.08 Å². The SMILES string of the molecule is C=CC(=O)OC=CC.NC(=O)O. The fourth-order valence-corrected chi connectivity index (χ4v) is 0.183. The number of primary amides is 1. The molecule has 5 heteroatoms. The Labute approximate surface area is 70.1 Å². The number of nitrogens with two attached hydrogens (primary N) is 1. The zero-order chi connectivity index (χ0) is 9.98. The second-order valence-electron chi connectivity index (χ2n) is 1.45. The molecule has 0 saturated heterocycles. The molecule has 0 aliphatic carbocycles. The van der Waals surface area contributed by atoms with Gasteiger partial charge < -0.3 is 15.6 Å². The van der Waals surface area contributed by atoms with Crippen molar-refractivity contribution in [1.29, 1.82) is 0 Å². The van der Waals surface area contributed by atoms with Crippen LogP contribution in [0, 0.1) is 0 Å². The molecule has 0 atom stereocenters. The number of carbonyl (C=O) groups excluding carboxylic acids is 1. The van der Waals surface area contributed by atoms with E-state index in [0.29, 0.717) is 0 Å². The first-order valence-corrected chi connectivity index (χ1v) is 2.97. The fraction of sp³-hybridized carbons (Fsp3) is 0.143. The molecule has 0 aliphatic heterocycles. The molecule has 0 aromatic rings. The van der Waals surface area contributed by atoms with Crippen LogP contribution in [-0.4, -0.2) is 17.2 Å². The molecule has 0 saturated carbocycles. The van der Waals surface area contributed by atoms with Crippen LogP contribution in [0.4, 0.5) is 4.79 Å². The van der Waals surface area contributed by atoms with E-state index in [9.17, 15) is 4.79 Å². The topological polar surface area (TPSA) is 89.6 Å². The molecule has 0 aromatic heterocycles. The molecule has 5 nitrogen and oxygen atoms in total. The van der Waals surface area contributed by atoms with Crippen LogP contribution < -0.4 is 5.73 Å². The first-order chi connectivity index (χ1) is 5.54. The van der Waals surface area contributed by atoms with Gasteiger partial charge in [-0.05, 0) is 6.92 Å². The summed E-state index contributed by atoms with van der Waals surface area (Å²) in [5.41, 5.74) is 4.03. The van der Waals surface area contributed by atoms with E-state index in [1.54, 1.807) is 13.0 Å². The molecule has 0 heterocycles. The predicted molar refractivity (Wildman–Crippen MR) is 43.3 cm³/mol. The molecular weight excluding hydrogens is 162 g/mol. The van der Waals surface area contributed by atoms with E-state index in [1.165, 1.54) is 6.26 Å². The van der Waals surface area contributed by atoms with Gasteiger partial charge in [0.2, 0.25) is 0 Å². The highest BCUT2D eigenvalue weighted by atomic mass is 16.5. The number of rotatable bonds is 2. The Morgan fingerprint density at radius 3 is 2.25 bits per heavy atom. The Morgan fingerprint density at radius 1 is 1.58 bits per heavy atom. The third-order valence-corrected chi connectivity index (χ3v) is 0.487. The first-order valence-electron chi connectivity index (χ1n) is 2.97. The molecule has 0 rings (SSSR count). The summed E-state index contributed by atoms with van der Waals surface area (Å²) in [6.45, 7) is 4.97. The maximum absolute atomic E-state index is 10.2. The van der Waals surface area contributed by atoms with Crippen LogP contribution in [0.15, 0.2) is 25.0 Å². The summed E-state index contributed by atoms with van der Waals surface area (Å²) < 4.78 is 4.40. The predicted octanol–water partition coefficient (Wildman–Crippen LogP) is 0.872. The van der Waals surface area contributed by atoms with E-state index >= 15 is 0 Å². The van der Waals surface area contributed by atoms with Gasteiger partial charge in [-0.1, -0.05) is 12.7 Å². The monoisotopic (exact) mass is 173 g/mol. The van der Waals surface area contributed by atoms with Gasteiger partial charge in [-0.15, -0.1) is 0 Å². The number of hydrogen-bond acceptors (Lipinski definition) is 3. The number of allylic oxidation sites excluding steroid dienone is 1. The fourth-order valence-electron chi connectivity index (χ4n) is 0.183. The van der Waals surface area contributed by atoms with Gasteiger partial charge in [0.15, 0.2) is 0 Å². The summed E-state index contributed by atoms with van der Waals surface area (Å²) in [7, 11) is 0. The number of carboxylic acid groups (broad SMARTS) is 1. The average molecular weight is 173 g/mol. The van der Waals surface area contributed by atoms with Gasteiger partial charge in [0.25, 0.3) is 0 Å². The highest BCUT2D eigenvalue weighted by Gasteiger charge is 1.85. The standard InChI is InChI=1S/C6H8O2.CH3NO2/c1-3-5-8-6(7)4-2;2-1(3)4/h3-5H,2H2,1H3;2H2,(H,3,4). The van der Waals surface area contributed by atoms with Gasteiger partial charge in [0, 0.05) is 6.08 Å². The Kier molecular flexibility index (Phi) is 9.88. The van der Waals surface area contributed by atoms with Crippen LogP contribution in [0.1, 0.15) is 6.92 Å². The van der Waals surface area contributed by atoms with Crippen LogP contribution in [0.2, 0.25) is 0 Å². The van der Waals surface area contributed by atoms with Gasteiger partial charge in [0.05, 0.1) is 6.26 Å². The molecule has 0 bridgehead atoms. The summed E-state index contributed by atoms with van der Waals surface area (Å²) in [4.78, 5) is 19.0. The van der Waals surface area contributed by atoms with Gasteiger partial charge in [-0.25, -0.2) is 9.59 Å². The lowest BCUT2D eigenvalue weighted by atomic mass is 10.6. The van der Waals surface area contributed by atoms with Crippen molar-refractivity contribution in [1.82, 2.24) is 0 Å². The van der Waals surface area contributed by atoms with Crippen molar-refractivity contribution in [3.05, 3.63) is 25.0 Å². The number of ether oxygens (including phenoxy) is 1. The van der Waals surface area contributed by atoms with Crippen molar-refractivity contribution in [3.63, 3.8) is 0 Å². The molecule has 0 fully saturated rings. The molecule has 3 N–H and O–H groups in total. The molecule has 12 heavy (non-hydrogen) atoms. The Bertz CT molecular complexity index is 182. The van der Waals surface area contributed by atoms with Crippen molar-refractivity contribution < 1.29 is 19.4 Å². The Morgan fingerprint density at radius 2 is 2.00 bits per heavy atom. The molecule has 68 valence electrons. The van der Waals surface area contributed by atoms with E-state index < -0.39 is 12.1 Å². The summed E-state index contributed by atoms with van der Waals surface area (Å²) in [5, 5.41) is 7.19. The van der Waals surface area contributed by atoms with Crippen molar-refractivity contribution >= 4 is 12.1 Å². The summed E-state index contributed by atoms with van der Waals surface area (Å²) in [6.07, 6.45) is 2.71. The van der Waals surface area contributed by atoms with Gasteiger partial charge in [-0.2, -0.15) is 0 Å². The lowest BCUT2D eigenvalue weighted by Crippen LogP contribution is -2.03.